The molecular weight excluding hydrogens is 274 g/mol. The fourth-order valence-corrected chi connectivity index (χ4v) is 1.90. The summed E-state index contributed by atoms with van der Waals surface area (Å²) in [5, 5.41) is 12.0. The number of rotatable bonds is 8. The van der Waals surface area contributed by atoms with Crippen LogP contribution in [0.2, 0.25) is 0 Å². The third kappa shape index (κ3) is 4.82. The van der Waals surface area contributed by atoms with Crippen molar-refractivity contribution in [3.8, 4) is 17.2 Å². The van der Waals surface area contributed by atoms with Crippen molar-refractivity contribution in [3.05, 3.63) is 17.7 Å². The standard InChI is InChI=1S/C15H23NO5/c1-10(17)6-5-7-16-15(18)11-8-13(20-3)14(21-4)9-12(11)19-2/h8-10,17H,5-7H2,1-4H3,(H,16,18). The number of amides is 1. The van der Waals surface area contributed by atoms with Gasteiger partial charge >= 0.3 is 0 Å². The van der Waals surface area contributed by atoms with Gasteiger partial charge in [-0.2, -0.15) is 0 Å². The Morgan fingerprint density at radius 2 is 1.71 bits per heavy atom. The SMILES string of the molecule is COc1cc(OC)c(C(=O)NCCCC(C)O)cc1OC. The number of nitrogens with one attached hydrogen (secondary N) is 1. The molecule has 1 aromatic rings. The van der Waals surface area contributed by atoms with Gasteiger partial charge in [0.25, 0.3) is 5.91 Å². The molecule has 1 unspecified atom stereocenters. The van der Waals surface area contributed by atoms with Gasteiger partial charge in [0.15, 0.2) is 11.5 Å². The zero-order chi connectivity index (χ0) is 15.8. The molecule has 1 atom stereocenters. The van der Waals surface area contributed by atoms with Crippen LogP contribution in [0.1, 0.15) is 30.1 Å². The van der Waals surface area contributed by atoms with Crippen molar-refractivity contribution in [1.82, 2.24) is 5.32 Å². The molecule has 0 aliphatic rings. The van der Waals surface area contributed by atoms with E-state index < -0.39 is 0 Å². The van der Waals surface area contributed by atoms with Crippen molar-refractivity contribution in [2.45, 2.75) is 25.9 Å². The Hall–Kier alpha value is -1.95. The van der Waals surface area contributed by atoms with Gasteiger partial charge in [-0.05, 0) is 19.8 Å². The molecule has 1 amide bonds. The highest BCUT2D eigenvalue weighted by Gasteiger charge is 2.17. The Morgan fingerprint density at radius 3 is 2.24 bits per heavy atom. The highest BCUT2D eigenvalue weighted by Crippen LogP contribution is 2.34. The summed E-state index contributed by atoms with van der Waals surface area (Å²) in [4.78, 5) is 12.2. The molecule has 118 valence electrons. The van der Waals surface area contributed by atoms with Gasteiger partial charge in [0, 0.05) is 18.7 Å². The summed E-state index contributed by atoms with van der Waals surface area (Å²) in [5.74, 6) is 1.13. The average Bonchev–Trinajstić information content (AvgIpc) is 2.49. The number of hydrogen-bond donors (Lipinski definition) is 2. The summed E-state index contributed by atoms with van der Waals surface area (Å²) in [6, 6.07) is 3.20. The topological polar surface area (TPSA) is 77.0 Å². The molecule has 0 saturated carbocycles. The first-order valence-corrected chi connectivity index (χ1v) is 6.79. The number of ether oxygens (including phenoxy) is 3. The van der Waals surface area contributed by atoms with Crippen LogP contribution in [0.25, 0.3) is 0 Å². The van der Waals surface area contributed by atoms with E-state index in [4.69, 9.17) is 14.2 Å². The van der Waals surface area contributed by atoms with Crippen LogP contribution in [0.3, 0.4) is 0 Å². The normalized spacial score (nSPS) is 11.7. The van der Waals surface area contributed by atoms with Crippen molar-refractivity contribution >= 4 is 5.91 Å². The van der Waals surface area contributed by atoms with Crippen LogP contribution in [0.4, 0.5) is 0 Å². The molecule has 0 aliphatic carbocycles. The molecular formula is C15H23NO5. The smallest absolute Gasteiger partial charge is 0.255 e. The number of benzene rings is 1. The second-order valence-corrected chi connectivity index (χ2v) is 4.65. The summed E-state index contributed by atoms with van der Waals surface area (Å²) in [5.41, 5.74) is 0.382. The Bertz CT molecular complexity index is 473. The molecule has 0 radical (unpaired) electrons. The molecule has 21 heavy (non-hydrogen) atoms. The van der Waals surface area contributed by atoms with Gasteiger partial charge in [0.1, 0.15) is 5.75 Å². The summed E-state index contributed by atoms with van der Waals surface area (Å²) >= 11 is 0. The van der Waals surface area contributed by atoms with Gasteiger partial charge in [0.2, 0.25) is 0 Å². The summed E-state index contributed by atoms with van der Waals surface area (Å²) in [6.07, 6.45) is 0.986. The molecule has 0 fully saturated rings. The predicted octanol–water partition coefficient (Wildman–Crippen LogP) is 1.60. The van der Waals surface area contributed by atoms with Crippen molar-refractivity contribution in [3.63, 3.8) is 0 Å². The fourth-order valence-electron chi connectivity index (χ4n) is 1.90. The van der Waals surface area contributed by atoms with E-state index in [1.165, 1.54) is 21.3 Å². The largest absolute Gasteiger partial charge is 0.496 e. The number of carbonyl (C=O) groups is 1. The lowest BCUT2D eigenvalue weighted by Gasteiger charge is -2.14. The number of carbonyl (C=O) groups excluding carboxylic acids is 1. The molecule has 2 N–H and O–H groups in total. The first-order valence-electron chi connectivity index (χ1n) is 6.79. The quantitative estimate of drug-likeness (QED) is 0.713. The van der Waals surface area contributed by atoms with E-state index in [1.807, 2.05) is 0 Å². The van der Waals surface area contributed by atoms with Crippen LogP contribution in [0.5, 0.6) is 17.2 Å². The molecule has 0 saturated heterocycles. The third-order valence-corrected chi connectivity index (χ3v) is 3.03. The minimum atomic E-state index is -0.363. The summed E-state index contributed by atoms with van der Waals surface area (Å²) in [7, 11) is 4.52. The maximum atomic E-state index is 12.2. The first-order chi connectivity index (χ1) is 10.0. The van der Waals surface area contributed by atoms with Crippen molar-refractivity contribution in [2.24, 2.45) is 0 Å². The summed E-state index contributed by atoms with van der Waals surface area (Å²) < 4.78 is 15.6. The lowest BCUT2D eigenvalue weighted by molar-refractivity contribution is 0.0946. The zero-order valence-electron chi connectivity index (χ0n) is 12.9. The van der Waals surface area contributed by atoms with E-state index in [1.54, 1.807) is 19.1 Å². The van der Waals surface area contributed by atoms with E-state index in [0.717, 1.165) is 0 Å². The predicted molar refractivity (Wildman–Crippen MR) is 79.3 cm³/mol. The monoisotopic (exact) mass is 297 g/mol. The van der Waals surface area contributed by atoms with Gasteiger partial charge in [-0.15, -0.1) is 0 Å². The van der Waals surface area contributed by atoms with Gasteiger partial charge in [-0.25, -0.2) is 0 Å². The van der Waals surface area contributed by atoms with Gasteiger partial charge in [-0.3, -0.25) is 4.79 Å². The lowest BCUT2D eigenvalue weighted by Crippen LogP contribution is -2.25. The van der Waals surface area contributed by atoms with Crippen LogP contribution >= 0.6 is 0 Å². The minimum absolute atomic E-state index is 0.251. The van der Waals surface area contributed by atoms with Crippen LogP contribution in [-0.4, -0.2) is 45.0 Å². The molecule has 0 aromatic heterocycles. The highest BCUT2D eigenvalue weighted by molar-refractivity contribution is 5.97. The van der Waals surface area contributed by atoms with Crippen LogP contribution in [-0.2, 0) is 0 Å². The van der Waals surface area contributed by atoms with E-state index in [2.05, 4.69) is 5.32 Å². The van der Waals surface area contributed by atoms with Gasteiger partial charge in [0.05, 0.1) is 33.0 Å². The van der Waals surface area contributed by atoms with E-state index >= 15 is 0 Å². The Morgan fingerprint density at radius 1 is 1.14 bits per heavy atom. The third-order valence-electron chi connectivity index (χ3n) is 3.03. The second-order valence-electron chi connectivity index (χ2n) is 4.65. The lowest BCUT2D eigenvalue weighted by atomic mass is 10.1. The molecule has 6 nitrogen and oxygen atoms in total. The zero-order valence-corrected chi connectivity index (χ0v) is 12.9. The second kappa shape index (κ2) is 8.36. The summed E-state index contributed by atoms with van der Waals surface area (Å²) in [6.45, 7) is 2.21. The average molecular weight is 297 g/mol. The Balaban J connectivity index is 2.82. The maximum absolute atomic E-state index is 12.2. The molecule has 0 heterocycles. The molecule has 0 bridgehead atoms. The molecule has 0 aliphatic heterocycles. The van der Waals surface area contributed by atoms with Crippen LogP contribution in [0.15, 0.2) is 12.1 Å². The fraction of sp³-hybridized carbons (Fsp3) is 0.533. The van der Waals surface area contributed by atoms with Gasteiger partial charge < -0.3 is 24.6 Å². The number of aliphatic hydroxyl groups is 1. The van der Waals surface area contributed by atoms with E-state index in [-0.39, 0.29) is 12.0 Å². The highest BCUT2D eigenvalue weighted by atomic mass is 16.5. The van der Waals surface area contributed by atoms with Crippen molar-refractivity contribution in [2.75, 3.05) is 27.9 Å². The first kappa shape index (κ1) is 17.1. The number of methoxy groups -OCH3 is 3. The maximum Gasteiger partial charge on any atom is 0.255 e. The van der Waals surface area contributed by atoms with E-state index in [0.29, 0.717) is 42.2 Å². The molecule has 1 aromatic carbocycles. The minimum Gasteiger partial charge on any atom is -0.496 e. The molecule has 1 rings (SSSR count). The van der Waals surface area contributed by atoms with Crippen LogP contribution in [0, 0.1) is 0 Å². The van der Waals surface area contributed by atoms with Crippen molar-refractivity contribution in [1.29, 1.82) is 0 Å². The van der Waals surface area contributed by atoms with Crippen LogP contribution < -0.4 is 19.5 Å². The van der Waals surface area contributed by atoms with E-state index in [9.17, 15) is 9.90 Å². The van der Waals surface area contributed by atoms with Crippen molar-refractivity contribution < 1.29 is 24.1 Å². The molecule has 6 heteroatoms. The van der Waals surface area contributed by atoms with Gasteiger partial charge in [-0.1, -0.05) is 0 Å². The number of aliphatic hydroxyl groups excluding tert-OH is 1. The Kier molecular flexibility index (Phi) is 6.81. The molecule has 0 spiro atoms. The Labute approximate surface area is 125 Å². The number of hydrogen-bond acceptors (Lipinski definition) is 5.